The topological polar surface area (TPSA) is 47.3 Å². The molecule has 0 bridgehead atoms. The molecule has 18 heavy (non-hydrogen) atoms. The second-order valence-corrected chi connectivity index (χ2v) is 5.49. The molecule has 1 saturated heterocycles. The Morgan fingerprint density at radius 2 is 1.89 bits per heavy atom. The maximum atomic E-state index is 5.73. The first-order chi connectivity index (χ1) is 8.88. The van der Waals surface area contributed by atoms with Gasteiger partial charge < -0.3 is 4.74 Å². The van der Waals surface area contributed by atoms with Gasteiger partial charge in [-0.25, -0.2) is 0 Å². The van der Waals surface area contributed by atoms with Crippen molar-refractivity contribution >= 4 is 0 Å². The fraction of sp³-hybridized carbons (Fsp3) is 0.600. The molecule has 1 saturated carbocycles. The van der Waals surface area contributed by atoms with Crippen LogP contribution in [0.5, 0.6) is 0 Å². The van der Waals surface area contributed by atoms with Crippen molar-refractivity contribution in [2.24, 2.45) is 5.84 Å². The standard InChI is InChI=1S/C15H22N2O/c16-17-15(14-5-2-10-18-14)13-8-6-12(7-9-13)11-3-1-4-11/h6-9,11,14-15,17H,1-5,10,16H2. The minimum Gasteiger partial charge on any atom is -0.376 e. The van der Waals surface area contributed by atoms with Crippen LogP contribution >= 0.6 is 0 Å². The van der Waals surface area contributed by atoms with Crippen LogP contribution in [0.4, 0.5) is 0 Å². The van der Waals surface area contributed by atoms with Gasteiger partial charge in [0.2, 0.25) is 0 Å². The first-order valence-electron chi connectivity index (χ1n) is 7.06. The lowest BCUT2D eigenvalue weighted by molar-refractivity contribution is 0.0783. The third-order valence-electron chi connectivity index (χ3n) is 4.39. The lowest BCUT2D eigenvalue weighted by atomic mass is 9.79. The zero-order valence-corrected chi connectivity index (χ0v) is 10.8. The van der Waals surface area contributed by atoms with Crippen LogP contribution in [0.3, 0.4) is 0 Å². The number of rotatable bonds is 4. The molecular formula is C15H22N2O. The third kappa shape index (κ3) is 2.30. The molecule has 3 rings (SSSR count). The highest BCUT2D eigenvalue weighted by molar-refractivity contribution is 5.29. The fourth-order valence-electron chi connectivity index (χ4n) is 3.00. The van der Waals surface area contributed by atoms with Crippen molar-refractivity contribution in [3.05, 3.63) is 35.4 Å². The second-order valence-electron chi connectivity index (χ2n) is 5.49. The van der Waals surface area contributed by atoms with Crippen LogP contribution < -0.4 is 11.3 Å². The van der Waals surface area contributed by atoms with E-state index in [1.165, 1.54) is 30.4 Å². The maximum Gasteiger partial charge on any atom is 0.0783 e. The number of benzene rings is 1. The average Bonchev–Trinajstić information content (AvgIpc) is 2.84. The summed E-state index contributed by atoms with van der Waals surface area (Å²) in [6, 6.07) is 9.07. The largest absolute Gasteiger partial charge is 0.376 e. The predicted octanol–water partition coefficient (Wildman–Crippen LogP) is 2.64. The molecule has 2 fully saturated rings. The van der Waals surface area contributed by atoms with Gasteiger partial charge in [-0.1, -0.05) is 30.7 Å². The summed E-state index contributed by atoms with van der Waals surface area (Å²) < 4.78 is 5.73. The van der Waals surface area contributed by atoms with Gasteiger partial charge in [0.05, 0.1) is 12.1 Å². The summed E-state index contributed by atoms with van der Waals surface area (Å²) in [6.07, 6.45) is 6.55. The highest BCUT2D eigenvalue weighted by Crippen LogP contribution is 2.37. The molecule has 3 N–H and O–H groups in total. The Hall–Kier alpha value is -0.900. The molecule has 2 atom stereocenters. The maximum absolute atomic E-state index is 5.73. The molecule has 3 nitrogen and oxygen atoms in total. The van der Waals surface area contributed by atoms with Crippen LogP contribution in [0, 0.1) is 0 Å². The molecule has 1 aliphatic carbocycles. The van der Waals surface area contributed by atoms with Gasteiger partial charge in [0.25, 0.3) is 0 Å². The predicted molar refractivity (Wildman–Crippen MR) is 72.1 cm³/mol. The lowest BCUT2D eigenvalue weighted by Crippen LogP contribution is -2.36. The molecule has 0 amide bonds. The molecule has 1 aromatic rings. The van der Waals surface area contributed by atoms with E-state index in [0.717, 1.165) is 25.4 Å². The fourth-order valence-corrected chi connectivity index (χ4v) is 3.00. The number of hydrogen-bond acceptors (Lipinski definition) is 3. The quantitative estimate of drug-likeness (QED) is 0.634. The summed E-state index contributed by atoms with van der Waals surface area (Å²) in [6.45, 7) is 0.864. The smallest absolute Gasteiger partial charge is 0.0783 e. The van der Waals surface area contributed by atoms with E-state index in [9.17, 15) is 0 Å². The molecule has 1 aromatic carbocycles. The Kier molecular flexibility index (Phi) is 3.64. The number of hydrogen-bond donors (Lipinski definition) is 2. The highest BCUT2D eigenvalue weighted by atomic mass is 16.5. The lowest BCUT2D eigenvalue weighted by Gasteiger charge is -2.27. The summed E-state index contributed by atoms with van der Waals surface area (Å²) in [5, 5.41) is 0. The zero-order valence-electron chi connectivity index (χ0n) is 10.8. The first-order valence-corrected chi connectivity index (χ1v) is 7.06. The molecule has 3 heteroatoms. The normalized spacial score (nSPS) is 25.9. The van der Waals surface area contributed by atoms with Crippen molar-refractivity contribution in [3.63, 3.8) is 0 Å². The minimum atomic E-state index is 0.128. The Morgan fingerprint density at radius 1 is 1.11 bits per heavy atom. The Balaban J connectivity index is 1.73. The van der Waals surface area contributed by atoms with Crippen LogP contribution in [0.25, 0.3) is 0 Å². The Bertz CT molecular complexity index is 380. The van der Waals surface area contributed by atoms with E-state index in [4.69, 9.17) is 10.6 Å². The van der Waals surface area contributed by atoms with Gasteiger partial charge in [-0.05, 0) is 42.7 Å². The summed E-state index contributed by atoms with van der Waals surface area (Å²) in [5.41, 5.74) is 5.63. The van der Waals surface area contributed by atoms with Gasteiger partial charge in [0.15, 0.2) is 0 Å². The molecule has 2 unspecified atom stereocenters. The molecule has 98 valence electrons. The molecular weight excluding hydrogens is 224 g/mol. The van der Waals surface area contributed by atoms with Crippen LogP contribution in [0.1, 0.15) is 55.2 Å². The van der Waals surface area contributed by atoms with Gasteiger partial charge in [0, 0.05) is 6.61 Å². The minimum absolute atomic E-state index is 0.128. The Morgan fingerprint density at radius 3 is 2.39 bits per heavy atom. The van der Waals surface area contributed by atoms with Gasteiger partial charge >= 0.3 is 0 Å². The van der Waals surface area contributed by atoms with Crippen molar-refractivity contribution in [3.8, 4) is 0 Å². The van der Waals surface area contributed by atoms with E-state index in [0.29, 0.717) is 0 Å². The highest BCUT2D eigenvalue weighted by Gasteiger charge is 2.27. The van der Waals surface area contributed by atoms with Crippen molar-refractivity contribution in [2.45, 2.75) is 50.2 Å². The number of hydrazine groups is 1. The summed E-state index contributed by atoms with van der Waals surface area (Å²) >= 11 is 0. The number of ether oxygens (including phenoxy) is 1. The van der Waals surface area contributed by atoms with E-state index in [-0.39, 0.29) is 12.1 Å². The Labute approximate surface area is 109 Å². The molecule has 0 spiro atoms. The van der Waals surface area contributed by atoms with Gasteiger partial charge in [-0.3, -0.25) is 11.3 Å². The van der Waals surface area contributed by atoms with Crippen LogP contribution in [-0.4, -0.2) is 12.7 Å². The number of nitrogens with two attached hydrogens (primary N) is 1. The van der Waals surface area contributed by atoms with E-state index in [1.807, 2.05) is 0 Å². The zero-order chi connectivity index (χ0) is 12.4. The van der Waals surface area contributed by atoms with Crippen LogP contribution in [-0.2, 0) is 4.74 Å². The molecule has 0 aromatic heterocycles. The van der Waals surface area contributed by atoms with Crippen molar-refractivity contribution in [1.82, 2.24) is 5.43 Å². The molecule has 0 radical (unpaired) electrons. The summed E-state index contributed by atoms with van der Waals surface area (Å²) in [5.74, 6) is 6.49. The summed E-state index contributed by atoms with van der Waals surface area (Å²) in [7, 11) is 0. The molecule has 2 aliphatic rings. The van der Waals surface area contributed by atoms with E-state index in [2.05, 4.69) is 29.7 Å². The molecule has 1 heterocycles. The van der Waals surface area contributed by atoms with Gasteiger partial charge in [0.1, 0.15) is 0 Å². The summed E-state index contributed by atoms with van der Waals surface area (Å²) in [4.78, 5) is 0. The van der Waals surface area contributed by atoms with Crippen molar-refractivity contribution in [2.75, 3.05) is 6.61 Å². The monoisotopic (exact) mass is 246 g/mol. The number of nitrogens with one attached hydrogen (secondary N) is 1. The average molecular weight is 246 g/mol. The first kappa shape index (κ1) is 12.2. The SMILES string of the molecule is NNC(c1ccc(C2CCC2)cc1)C1CCCO1. The van der Waals surface area contributed by atoms with Crippen LogP contribution in [0.15, 0.2) is 24.3 Å². The van der Waals surface area contributed by atoms with Crippen molar-refractivity contribution < 1.29 is 4.74 Å². The van der Waals surface area contributed by atoms with E-state index >= 15 is 0 Å². The van der Waals surface area contributed by atoms with E-state index in [1.54, 1.807) is 0 Å². The third-order valence-corrected chi connectivity index (χ3v) is 4.39. The van der Waals surface area contributed by atoms with Gasteiger partial charge in [-0.15, -0.1) is 0 Å². The van der Waals surface area contributed by atoms with Crippen molar-refractivity contribution in [1.29, 1.82) is 0 Å². The van der Waals surface area contributed by atoms with Crippen LogP contribution in [0.2, 0.25) is 0 Å². The van der Waals surface area contributed by atoms with Gasteiger partial charge in [-0.2, -0.15) is 0 Å². The molecule has 1 aliphatic heterocycles. The van der Waals surface area contributed by atoms with E-state index < -0.39 is 0 Å². The second kappa shape index (κ2) is 5.39.